The molecule has 1 aliphatic carbocycles. The SMILES string of the molecule is CN(C)C1(c2ccccc2)CCC(c2ccccc2)(N(C)Cc2cccnc2)CC1. The van der Waals surface area contributed by atoms with Crippen LogP contribution in [-0.4, -0.2) is 35.9 Å². The van der Waals surface area contributed by atoms with Gasteiger partial charge in [0.05, 0.1) is 0 Å². The average Bonchev–Trinajstić information content (AvgIpc) is 2.81. The summed E-state index contributed by atoms with van der Waals surface area (Å²) in [6.07, 6.45) is 8.36. The van der Waals surface area contributed by atoms with Crippen molar-refractivity contribution in [2.24, 2.45) is 0 Å². The minimum Gasteiger partial charge on any atom is -0.300 e. The Kier molecular flexibility index (Phi) is 6.03. The summed E-state index contributed by atoms with van der Waals surface area (Å²) in [4.78, 5) is 9.33. The zero-order valence-corrected chi connectivity index (χ0v) is 18.5. The topological polar surface area (TPSA) is 19.4 Å². The Morgan fingerprint density at radius 2 is 1.23 bits per heavy atom. The van der Waals surface area contributed by atoms with Gasteiger partial charge in [-0.05, 0) is 69.6 Å². The normalized spacial score (nSPS) is 24.3. The smallest absolute Gasteiger partial charge is 0.0462 e. The molecule has 4 rings (SSSR count). The lowest BCUT2D eigenvalue weighted by molar-refractivity contribution is -0.00629. The highest BCUT2D eigenvalue weighted by molar-refractivity contribution is 5.31. The molecule has 2 aromatic carbocycles. The number of pyridine rings is 1. The van der Waals surface area contributed by atoms with Crippen LogP contribution in [0.3, 0.4) is 0 Å². The molecule has 30 heavy (non-hydrogen) atoms. The van der Waals surface area contributed by atoms with Crippen molar-refractivity contribution in [1.29, 1.82) is 0 Å². The van der Waals surface area contributed by atoms with Crippen LogP contribution in [0.4, 0.5) is 0 Å². The molecule has 1 heterocycles. The van der Waals surface area contributed by atoms with E-state index in [0.717, 1.165) is 32.2 Å². The predicted molar refractivity (Wildman–Crippen MR) is 124 cm³/mol. The van der Waals surface area contributed by atoms with Gasteiger partial charge in [0, 0.05) is 30.0 Å². The van der Waals surface area contributed by atoms with Crippen molar-refractivity contribution in [3.8, 4) is 0 Å². The van der Waals surface area contributed by atoms with E-state index in [9.17, 15) is 0 Å². The van der Waals surface area contributed by atoms with Crippen LogP contribution in [0, 0.1) is 0 Å². The summed E-state index contributed by atoms with van der Waals surface area (Å²) in [6, 6.07) is 26.4. The Morgan fingerprint density at radius 1 is 0.700 bits per heavy atom. The van der Waals surface area contributed by atoms with Crippen LogP contribution >= 0.6 is 0 Å². The zero-order valence-electron chi connectivity index (χ0n) is 18.5. The number of aromatic nitrogens is 1. The van der Waals surface area contributed by atoms with Crippen molar-refractivity contribution < 1.29 is 0 Å². The molecule has 3 heteroatoms. The molecule has 1 saturated carbocycles. The molecule has 0 bridgehead atoms. The fourth-order valence-electron chi connectivity index (χ4n) is 5.38. The second-order valence-corrected chi connectivity index (χ2v) is 8.91. The molecule has 0 unspecified atom stereocenters. The Hall–Kier alpha value is -2.49. The van der Waals surface area contributed by atoms with Gasteiger partial charge >= 0.3 is 0 Å². The first kappa shape index (κ1) is 20.8. The van der Waals surface area contributed by atoms with Crippen molar-refractivity contribution in [2.45, 2.75) is 43.3 Å². The first-order valence-electron chi connectivity index (χ1n) is 11.0. The highest BCUT2D eigenvalue weighted by Crippen LogP contribution is 2.50. The van der Waals surface area contributed by atoms with E-state index in [0.29, 0.717) is 0 Å². The van der Waals surface area contributed by atoms with Gasteiger partial charge in [-0.15, -0.1) is 0 Å². The number of benzene rings is 2. The van der Waals surface area contributed by atoms with E-state index >= 15 is 0 Å². The van der Waals surface area contributed by atoms with Crippen LogP contribution in [0.1, 0.15) is 42.4 Å². The molecule has 156 valence electrons. The molecule has 0 saturated heterocycles. The third-order valence-electron chi connectivity index (χ3n) is 7.26. The minimum atomic E-state index is 0.0331. The molecule has 1 aliphatic rings. The highest BCUT2D eigenvalue weighted by Gasteiger charge is 2.47. The Bertz CT molecular complexity index is 914. The lowest BCUT2D eigenvalue weighted by Crippen LogP contribution is -2.53. The van der Waals surface area contributed by atoms with E-state index < -0.39 is 0 Å². The summed E-state index contributed by atoms with van der Waals surface area (Å²) in [7, 11) is 6.76. The number of hydrogen-bond acceptors (Lipinski definition) is 3. The van der Waals surface area contributed by atoms with Gasteiger partial charge in [0.2, 0.25) is 0 Å². The Morgan fingerprint density at radius 3 is 1.73 bits per heavy atom. The third kappa shape index (κ3) is 3.80. The quantitative estimate of drug-likeness (QED) is 0.550. The van der Waals surface area contributed by atoms with Gasteiger partial charge < -0.3 is 0 Å². The summed E-state index contributed by atoms with van der Waals surface area (Å²) in [5.74, 6) is 0. The van der Waals surface area contributed by atoms with E-state index in [-0.39, 0.29) is 11.1 Å². The maximum absolute atomic E-state index is 4.33. The molecule has 0 radical (unpaired) electrons. The summed E-state index contributed by atoms with van der Waals surface area (Å²) in [5.41, 5.74) is 4.26. The molecule has 0 atom stereocenters. The minimum absolute atomic E-state index is 0.0331. The van der Waals surface area contributed by atoms with Gasteiger partial charge in [-0.2, -0.15) is 0 Å². The molecule has 0 aliphatic heterocycles. The van der Waals surface area contributed by atoms with Gasteiger partial charge in [0.25, 0.3) is 0 Å². The fraction of sp³-hybridized carbons (Fsp3) is 0.370. The molecule has 0 N–H and O–H groups in total. The Labute approximate surface area is 181 Å². The Balaban J connectivity index is 1.67. The van der Waals surface area contributed by atoms with Crippen molar-refractivity contribution in [1.82, 2.24) is 14.8 Å². The molecule has 3 aromatic rings. The maximum Gasteiger partial charge on any atom is 0.0462 e. The molecule has 1 fully saturated rings. The van der Waals surface area contributed by atoms with Crippen LogP contribution in [0.5, 0.6) is 0 Å². The summed E-state index contributed by atoms with van der Waals surface area (Å²) in [6.45, 7) is 0.906. The highest BCUT2D eigenvalue weighted by atomic mass is 15.2. The number of rotatable bonds is 6. The van der Waals surface area contributed by atoms with Crippen molar-refractivity contribution >= 4 is 0 Å². The largest absolute Gasteiger partial charge is 0.300 e. The van der Waals surface area contributed by atoms with Gasteiger partial charge in [-0.25, -0.2) is 0 Å². The first-order valence-corrected chi connectivity index (χ1v) is 11.0. The molecule has 1 aromatic heterocycles. The van der Waals surface area contributed by atoms with Crippen molar-refractivity contribution in [2.75, 3.05) is 21.1 Å². The molecule has 3 nitrogen and oxygen atoms in total. The van der Waals surface area contributed by atoms with Crippen molar-refractivity contribution in [3.05, 3.63) is 102 Å². The monoisotopic (exact) mass is 399 g/mol. The van der Waals surface area contributed by atoms with Crippen LogP contribution < -0.4 is 0 Å². The lowest BCUT2D eigenvalue weighted by Gasteiger charge is -2.53. The zero-order chi connectivity index (χ0) is 21.0. The van der Waals surface area contributed by atoms with Gasteiger partial charge in [0.15, 0.2) is 0 Å². The number of nitrogens with zero attached hydrogens (tertiary/aromatic N) is 3. The molecule has 0 spiro atoms. The summed E-state index contributed by atoms with van der Waals surface area (Å²) in [5, 5.41) is 0. The van der Waals surface area contributed by atoms with E-state index in [1.54, 1.807) is 0 Å². The molecular weight excluding hydrogens is 366 g/mol. The fourth-order valence-corrected chi connectivity index (χ4v) is 5.38. The average molecular weight is 400 g/mol. The first-order chi connectivity index (χ1) is 14.6. The van der Waals surface area contributed by atoms with E-state index in [1.165, 1.54) is 16.7 Å². The third-order valence-corrected chi connectivity index (χ3v) is 7.26. The second-order valence-electron chi connectivity index (χ2n) is 8.91. The van der Waals surface area contributed by atoms with E-state index in [4.69, 9.17) is 0 Å². The van der Waals surface area contributed by atoms with Gasteiger partial charge in [-0.3, -0.25) is 14.8 Å². The van der Waals surface area contributed by atoms with Crippen molar-refractivity contribution in [3.63, 3.8) is 0 Å². The van der Waals surface area contributed by atoms with Crippen LogP contribution in [0.25, 0.3) is 0 Å². The van der Waals surface area contributed by atoms with Crippen LogP contribution in [-0.2, 0) is 17.6 Å². The standard InChI is InChI=1S/C27H33N3/c1-29(2)26(24-12-6-4-7-13-24)16-18-27(19-17-26,25-14-8-5-9-15-25)30(3)22-23-11-10-20-28-21-23/h4-15,20-21H,16-19,22H2,1-3H3. The second kappa shape index (κ2) is 8.71. The maximum atomic E-state index is 4.33. The summed E-state index contributed by atoms with van der Waals surface area (Å²) >= 11 is 0. The molecule has 0 amide bonds. The number of hydrogen-bond donors (Lipinski definition) is 0. The van der Waals surface area contributed by atoms with Crippen LogP contribution in [0.2, 0.25) is 0 Å². The predicted octanol–water partition coefficient (Wildman–Crippen LogP) is 5.44. The molecular formula is C27H33N3. The van der Waals surface area contributed by atoms with E-state index in [2.05, 4.69) is 103 Å². The van der Waals surface area contributed by atoms with E-state index in [1.807, 2.05) is 18.5 Å². The summed E-state index contributed by atoms with van der Waals surface area (Å²) < 4.78 is 0. The van der Waals surface area contributed by atoms with Crippen LogP contribution in [0.15, 0.2) is 85.2 Å². The van der Waals surface area contributed by atoms with Gasteiger partial charge in [-0.1, -0.05) is 66.7 Å². The lowest BCUT2D eigenvalue weighted by atomic mass is 9.65. The van der Waals surface area contributed by atoms with Gasteiger partial charge in [0.1, 0.15) is 0 Å².